The number of rotatable bonds is 5. The van der Waals surface area contributed by atoms with Gasteiger partial charge in [-0.3, -0.25) is 14.9 Å². The van der Waals surface area contributed by atoms with Gasteiger partial charge in [-0.1, -0.05) is 31.2 Å². The maximum Gasteiger partial charge on any atom is 0.280 e. The maximum absolute atomic E-state index is 12.7. The molecular formula is C19H19N3O3. The van der Waals surface area contributed by atoms with E-state index in [0.717, 1.165) is 11.3 Å². The molecule has 2 aromatic carbocycles. The minimum atomic E-state index is -0.215. The zero-order valence-corrected chi connectivity index (χ0v) is 13.8. The van der Waals surface area contributed by atoms with Crippen molar-refractivity contribution in [3.8, 4) is 11.4 Å². The second-order valence-corrected chi connectivity index (χ2v) is 5.57. The van der Waals surface area contributed by atoms with Gasteiger partial charge in [-0.05, 0) is 36.2 Å². The van der Waals surface area contributed by atoms with Gasteiger partial charge >= 0.3 is 0 Å². The Hall–Kier alpha value is -3.12. The number of hydrogen-bond acceptors (Lipinski definition) is 4. The minimum Gasteiger partial charge on any atom is -0.506 e. The van der Waals surface area contributed by atoms with Crippen LogP contribution in [-0.2, 0) is 13.0 Å². The second kappa shape index (κ2) is 7.19. The molecule has 1 aromatic heterocycles. The lowest BCUT2D eigenvalue weighted by Gasteiger charge is -2.02. The summed E-state index contributed by atoms with van der Waals surface area (Å²) in [6, 6.07) is 13.8. The predicted molar refractivity (Wildman–Crippen MR) is 97.1 cm³/mol. The molecule has 0 unspecified atom stereocenters. The number of nitrogens with zero attached hydrogens (tertiary/aromatic N) is 2. The van der Waals surface area contributed by atoms with E-state index in [-0.39, 0.29) is 17.9 Å². The van der Waals surface area contributed by atoms with E-state index >= 15 is 0 Å². The van der Waals surface area contributed by atoms with E-state index in [4.69, 9.17) is 5.11 Å². The Morgan fingerprint density at radius 3 is 2.52 bits per heavy atom. The number of phenols is 1. The molecule has 1 heterocycles. The molecule has 3 N–H and O–H groups in total. The molecule has 3 aromatic rings. The summed E-state index contributed by atoms with van der Waals surface area (Å²) in [6.45, 7) is 1.90. The van der Waals surface area contributed by atoms with Crippen molar-refractivity contribution in [2.45, 2.75) is 20.0 Å². The second-order valence-electron chi connectivity index (χ2n) is 5.57. The quantitative estimate of drug-likeness (QED) is 0.625. The van der Waals surface area contributed by atoms with E-state index in [2.05, 4.69) is 10.1 Å². The molecule has 0 aliphatic rings. The van der Waals surface area contributed by atoms with Crippen molar-refractivity contribution in [3.05, 3.63) is 75.7 Å². The van der Waals surface area contributed by atoms with Crippen molar-refractivity contribution < 1.29 is 10.2 Å². The number of H-pyrrole nitrogens is 1. The summed E-state index contributed by atoms with van der Waals surface area (Å²) in [7, 11) is 0. The van der Waals surface area contributed by atoms with Crippen LogP contribution in [-0.4, -0.2) is 26.2 Å². The number of aliphatic hydroxyl groups is 1. The van der Waals surface area contributed by atoms with Gasteiger partial charge in [-0.25, -0.2) is 4.68 Å². The van der Waals surface area contributed by atoms with Crippen LogP contribution < -0.4 is 5.56 Å². The third-order valence-electron chi connectivity index (χ3n) is 3.95. The van der Waals surface area contributed by atoms with Gasteiger partial charge in [0.1, 0.15) is 11.4 Å². The summed E-state index contributed by atoms with van der Waals surface area (Å²) in [5.41, 5.74) is 2.86. The van der Waals surface area contributed by atoms with Crippen molar-refractivity contribution in [1.29, 1.82) is 0 Å². The average Bonchev–Trinajstić information content (AvgIpc) is 2.97. The van der Waals surface area contributed by atoms with Crippen LogP contribution in [0.25, 0.3) is 5.69 Å². The molecule has 25 heavy (non-hydrogen) atoms. The first kappa shape index (κ1) is 16.7. The lowest BCUT2D eigenvalue weighted by atomic mass is 10.2. The Morgan fingerprint density at radius 1 is 1.16 bits per heavy atom. The molecule has 128 valence electrons. The van der Waals surface area contributed by atoms with Crippen LogP contribution in [0.1, 0.15) is 23.7 Å². The van der Waals surface area contributed by atoms with Gasteiger partial charge in [0.25, 0.3) is 5.56 Å². The van der Waals surface area contributed by atoms with E-state index in [0.29, 0.717) is 23.4 Å². The predicted octanol–water partition coefficient (Wildman–Crippen LogP) is 2.68. The van der Waals surface area contributed by atoms with Crippen LogP contribution in [0.4, 0.5) is 5.69 Å². The Kier molecular flexibility index (Phi) is 4.81. The molecule has 0 aliphatic carbocycles. The highest BCUT2D eigenvalue weighted by Gasteiger charge is 2.12. The smallest absolute Gasteiger partial charge is 0.280 e. The number of hydrogen-bond donors (Lipinski definition) is 3. The van der Waals surface area contributed by atoms with Gasteiger partial charge in [0, 0.05) is 11.9 Å². The molecule has 6 nitrogen and oxygen atoms in total. The molecule has 3 rings (SSSR count). The van der Waals surface area contributed by atoms with E-state index in [9.17, 15) is 9.90 Å². The highest BCUT2D eigenvalue weighted by Crippen LogP contribution is 2.24. The van der Waals surface area contributed by atoms with Gasteiger partial charge < -0.3 is 10.2 Å². The summed E-state index contributed by atoms with van der Waals surface area (Å²) >= 11 is 0. The molecular weight excluding hydrogens is 318 g/mol. The molecule has 0 atom stereocenters. The first-order chi connectivity index (χ1) is 12.1. The monoisotopic (exact) mass is 337 g/mol. The topological polar surface area (TPSA) is 90.6 Å². The molecule has 0 aliphatic heterocycles. The van der Waals surface area contributed by atoms with Gasteiger partial charge in [0.15, 0.2) is 0 Å². The number of aromatic amines is 1. The minimum absolute atomic E-state index is 0.0431. The largest absolute Gasteiger partial charge is 0.506 e. The fourth-order valence-electron chi connectivity index (χ4n) is 2.54. The zero-order valence-electron chi connectivity index (χ0n) is 13.8. The van der Waals surface area contributed by atoms with Crippen LogP contribution in [0.15, 0.2) is 58.3 Å². The number of aryl methyl sites for hydroxylation is 1. The lowest BCUT2D eigenvalue weighted by molar-refractivity contribution is 0.282. The van der Waals surface area contributed by atoms with Crippen molar-refractivity contribution in [2.75, 3.05) is 0 Å². The zero-order chi connectivity index (χ0) is 17.8. The first-order valence-corrected chi connectivity index (χ1v) is 8.00. The number of benzene rings is 2. The van der Waals surface area contributed by atoms with Crippen LogP contribution >= 0.6 is 0 Å². The summed E-state index contributed by atoms with van der Waals surface area (Å²) < 4.78 is 1.45. The molecule has 0 fully saturated rings. The first-order valence-electron chi connectivity index (χ1n) is 8.00. The van der Waals surface area contributed by atoms with Crippen molar-refractivity contribution in [1.82, 2.24) is 9.78 Å². The Bertz CT molecular complexity index is 953. The number of aliphatic hydroxyl groups excluding tert-OH is 1. The summed E-state index contributed by atoms with van der Waals surface area (Å²) in [5.74, 6) is 0.0623. The van der Waals surface area contributed by atoms with Crippen LogP contribution in [0.3, 0.4) is 0 Å². The van der Waals surface area contributed by atoms with Gasteiger partial charge in [-0.15, -0.1) is 0 Å². The standard InChI is InChI=1S/C19H19N3O3/c1-2-16-15(11-20-17-5-3-4-6-18(17)24)19(25)22(21-16)14-9-7-13(12-23)8-10-14/h3-11,21,23-24H,2,12H2,1H3. The summed E-state index contributed by atoms with van der Waals surface area (Å²) in [6.07, 6.45) is 2.12. The molecule has 6 heteroatoms. The Balaban J connectivity index is 2.01. The normalized spacial score (nSPS) is 11.3. The summed E-state index contributed by atoms with van der Waals surface area (Å²) in [5, 5.41) is 22.0. The van der Waals surface area contributed by atoms with Crippen LogP contribution in [0, 0.1) is 0 Å². The molecule has 0 radical (unpaired) electrons. The molecule has 0 saturated carbocycles. The third-order valence-corrected chi connectivity index (χ3v) is 3.95. The number of nitrogens with one attached hydrogen (secondary N) is 1. The Morgan fingerprint density at radius 2 is 1.88 bits per heavy atom. The average molecular weight is 337 g/mol. The highest BCUT2D eigenvalue weighted by molar-refractivity contribution is 5.83. The number of para-hydroxylation sites is 2. The van der Waals surface area contributed by atoms with Gasteiger partial charge in [-0.2, -0.15) is 0 Å². The Labute approximate surface area is 144 Å². The van der Waals surface area contributed by atoms with Crippen molar-refractivity contribution >= 4 is 11.9 Å². The van der Waals surface area contributed by atoms with E-state index < -0.39 is 0 Å². The molecule has 0 bridgehead atoms. The van der Waals surface area contributed by atoms with Crippen LogP contribution in [0.5, 0.6) is 5.75 Å². The number of phenolic OH excluding ortho intramolecular Hbond substituents is 1. The molecule has 0 saturated heterocycles. The highest BCUT2D eigenvalue weighted by atomic mass is 16.3. The lowest BCUT2D eigenvalue weighted by Crippen LogP contribution is -2.17. The number of aromatic nitrogens is 2. The van der Waals surface area contributed by atoms with Gasteiger partial charge in [0.05, 0.1) is 17.9 Å². The van der Waals surface area contributed by atoms with Crippen molar-refractivity contribution in [2.24, 2.45) is 4.99 Å². The fourth-order valence-corrected chi connectivity index (χ4v) is 2.54. The maximum atomic E-state index is 12.7. The van der Waals surface area contributed by atoms with Gasteiger partial charge in [0.2, 0.25) is 0 Å². The number of aliphatic imine (C=N–C) groups is 1. The molecule has 0 spiro atoms. The summed E-state index contributed by atoms with van der Waals surface area (Å²) in [4.78, 5) is 17.0. The molecule has 0 amide bonds. The number of aromatic hydroxyl groups is 1. The SMILES string of the molecule is CCc1[nH]n(-c2ccc(CO)cc2)c(=O)c1C=Nc1ccccc1O. The third kappa shape index (κ3) is 3.39. The van der Waals surface area contributed by atoms with E-state index in [1.165, 1.54) is 10.9 Å². The van der Waals surface area contributed by atoms with Crippen molar-refractivity contribution in [3.63, 3.8) is 0 Å². The van der Waals surface area contributed by atoms with Crippen LogP contribution in [0.2, 0.25) is 0 Å². The van der Waals surface area contributed by atoms with E-state index in [1.807, 2.05) is 6.92 Å². The van der Waals surface area contributed by atoms with E-state index in [1.54, 1.807) is 48.5 Å². The fraction of sp³-hybridized carbons (Fsp3) is 0.158.